The van der Waals surface area contributed by atoms with Crippen LogP contribution in [0.15, 0.2) is 30.6 Å². The maximum atomic E-state index is 5.73. The molecular weight excluding hydrogens is 240 g/mol. The number of rotatable bonds is 6. The number of aryl methyl sites for hydroxylation is 1. The number of ether oxygens (including phenoxy) is 2. The van der Waals surface area contributed by atoms with E-state index in [4.69, 9.17) is 9.47 Å². The van der Waals surface area contributed by atoms with Crippen LogP contribution in [0.5, 0.6) is 11.5 Å². The van der Waals surface area contributed by atoms with E-state index in [1.807, 2.05) is 30.6 Å². The number of aromatic nitrogens is 2. The first-order valence-electron chi connectivity index (χ1n) is 6.62. The Morgan fingerprint density at radius 2 is 2.05 bits per heavy atom. The number of methoxy groups -OCH3 is 1. The second-order valence-corrected chi connectivity index (χ2v) is 4.25. The molecule has 1 aromatic carbocycles. The lowest BCUT2D eigenvalue weighted by atomic mass is 10.2. The Morgan fingerprint density at radius 3 is 2.74 bits per heavy atom. The molecule has 4 heteroatoms. The van der Waals surface area contributed by atoms with E-state index in [1.165, 1.54) is 0 Å². The van der Waals surface area contributed by atoms with Crippen molar-refractivity contribution in [3.05, 3.63) is 30.6 Å². The van der Waals surface area contributed by atoms with Gasteiger partial charge >= 0.3 is 0 Å². The highest BCUT2D eigenvalue weighted by atomic mass is 16.5. The molecule has 0 atom stereocenters. The average Bonchev–Trinajstić information content (AvgIpc) is 2.93. The van der Waals surface area contributed by atoms with Crippen LogP contribution in [0.1, 0.15) is 20.3 Å². The van der Waals surface area contributed by atoms with Gasteiger partial charge in [-0.05, 0) is 31.5 Å². The van der Waals surface area contributed by atoms with Gasteiger partial charge in [0.15, 0.2) is 11.5 Å². The van der Waals surface area contributed by atoms with Gasteiger partial charge in [-0.3, -0.25) is 0 Å². The lowest BCUT2D eigenvalue weighted by molar-refractivity contribution is 0.294. The van der Waals surface area contributed by atoms with E-state index >= 15 is 0 Å². The lowest BCUT2D eigenvalue weighted by Crippen LogP contribution is -2.00. The third-order valence-corrected chi connectivity index (χ3v) is 2.94. The van der Waals surface area contributed by atoms with E-state index in [0.717, 1.165) is 35.9 Å². The number of nitrogens with zero attached hydrogens (tertiary/aromatic N) is 2. The fraction of sp³-hybridized carbons (Fsp3) is 0.400. The SMILES string of the molecule is CCCOc1cc(-c2nccn2CC)ccc1OC. The Kier molecular flexibility index (Phi) is 4.44. The predicted octanol–water partition coefficient (Wildman–Crippen LogP) is 3.37. The lowest BCUT2D eigenvalue weighted by Gasteiger charge is -2.12. The molecule has 0 spiro atoms. The summed E-state index contributed by atoms with van der Waals surface area (Å²) in [4.78, 5) is 4.40. The summed E-state index contributed by atoms with van der Waals surface area (Å²) in [6.07, 6.45) is 4.76. The topological polar surface area (TPSA) is 36.3 Å². The summed E-state index contributed by atoms with van der Waals surface area (Å²) in [5.41, 5.74) is 1.04. The Morgan fingerprint density at radius 1 is 1.21 bits per heavy atom. The van der Waals surface area contributed by atoms with E-state index in [2.05, 4.69) is 23.4 Å². The zero-order valence-electron chi connectivity index (χ0n) is 11.7. The van der Waals surface area contributed by atoms with Crippen molar-refractivity contribution in [2.24, 2.45) is 0 Å². The van der Waals surface area contributed by atoms with Crippen molar-refractivity contribution in [3.8, 4) is 22.9 Å². The second-order valence-electron chi connectivity index (χ2n) is 4.25. The Bertz CT molecular complexity index is 535. The zero-order chi connectivity index (χ0) is 13.7. The van der Waals surface area contributed by atoms with Crippen molar-refractivity contribution in [1.29, 1.82) is 0 Å². The van der Waals surface area contributed by atoms with Crippen molar-refractivity contribution in [2.45, 2.75) is 26.8 Å². The van der Waals surface area contributed by atoms with E-state index < -0.39 is 0 Å². The van der Waals surface area contributed by atoms with Crippen LogP contribution >= 0.6 is 0 Å². The number of hydrogen-bond donors (Lipinski definition) is 0. The maximum absolute atomic E-state index is 5.73. The molecule has 0 saturated heterocycles. The molecule has 0 N–H and O–H groups in total. The van der Waals surface area contributed by atoms with Gasteiger partial charge in [-0.15, -0.1) is 0 Å². The van der Waals surface area contributed by atoms with Crippen LogP contribution in [-0.4, -0.2) is 23.3 Å². The quantitative estimate of drug-likeness (QED) is 0.799. The Labute approximate surface area is 114 Å². The summed E-state index contributed by atoms with van der Waals surface area (Å²) in [6, 6.07) is 5.92. The van der Waals surface area contributed by atoms with Crippen LogP contribution in [-0.2, 0) is 6.54 Å². The number of imidazole rings is 1. The van der Waals surface area contributed by atoms with Gasteiger partial charge in [0.1, 0.15) is 5.82 Å². The van der Waals surface area contributed by atoms with Crippen molar-refractivity contribution < 1.29 is 9.47 Å². The van der Waals surface area contributed by atoms with Crippen molar-refractivity contribution >= 4 is 0 Å². The molecule has 19 heavy (non-hydrogen) atoms. The molecule has 2 rings (SSSR count). The van der Waals surface area contributed by atoms with Gasteiger partial charge in [0.25, 0.3) is 0 Å². The van der Waals surface area contributed by atoms with Gasteiger partial charge in [0.2, 0.25) is 0 Å². The first-order chi connectivity index (χ1) is 9.30. The minimum absolute atomic E-state index is 0.683. The maximum Gasteiger partial charge on any atom is 0.161 e. The molecule has 0 unspecified atom stereocenters. The molecule has 0 aliphatic heterocycles. The van der Waals surface area contributed by atoms with Crippen LogP contribution in [0.25, 0.3) is 11.4 Å². The van der Waals surface area contributed by atoms with E-state index in [-0.39, 0.29) is 0 Å². The fourth-order valence-electron chi connectivity index (χ4n) is 1.97. The van der Waals surface area contributed by atoms with Crippen LogP contribution < -0.4 is 9.47 Å². The van der Waals surface area contributed by atoms with E-state index in [0.29, 0.717) is 6.61 Å². The summed E-state index contributed by atoms with van der Waals surface area (Å²) in [6.45, 7) is 5.76. The Balaban J connectivity index is 2.36. The first-order valence-corrected chi connectivity index (χ1v) is 6.62. The van der Waals surface area contributed by atoms with E-state index in [9.17, 15) is 0 Å². The van der Waals surface area contributed by atoms with Gasteiger partial charge in [0, 0.05) is 24.5 Å². The number of hydrogen-bond acceptors (Lipinski definition) is 3. The summed E-state index contributed by atoms with van der Waals surface area (Å²) in [7, 11) is 1.65. The molecule has 2 aromatic rings. The highest BCUT2D eigenvalue weighted by Gasteiger charge is 2.10. The van der Waals surface area contributed by atoms with Gasteiger partial charge in [-0.2, -0.15) is 0 Å². The largest absolute Gasteiger partial charge is 0.493 e. The second kappa shape index (κ2) is 6.27. The smallest absolute Gasteiger partial charge is 0.161 e. The van der Waals surface area contributed by atoms with Gasteiger partial charge in [-0.25, -0.2) is 4.98 Å². The molecule has 102 valence electrons. The monoisotopic (exact) mass is 260 g/mol. The molecule has 1 heterocycles. The standard InChI is InChI=1S/C15H20N2O2/c1-4-10-19-14-11-12(6-7-13(14)18-3)15-16-8-9-17(15)5-2/h6-9,11H,4-5,10H2,1-3H3. The predicted molar refractivity (Wildman–Crippen MR) is 75.7 cm³/mol. The minimum atomic E-state index is 0.683. The Hall–Kier alpha value is -1.97. The summed E-state index contributed by atoms with van der Waals surface area (Å²) in [5, 5.41) is 0. The third-order valence-electron chi connectivity index (χ3n) is 2.94. The zero-order valence-corrected chi connectivity index (χ0v) is 11.7. The molecule has 0 radical (unpaired) electrons. The minimum Gasteiger partial charge on any atom is -0.493 e. The van der Waals surface area contributed by atoms with Gasteiger partial charge in [0.05, 0.1) is 13.7 Å². The molecular formula is C15H20N2O2. The van der Waals surface area contributed by atoms with Crippen molar-refractivity contribution in [2.75, 3.05) is 13.7 Å². The number of benzene rings is 1. The molecule has 0 aliphatic rings. The van der Waals surface area contributed by atoms with Crippen LogP contribution in [0.2, 0.25) is 0 Å². The molecule has 1 aromatic heterocycles. The highest BCUT2D eigenvalue weighted by molar-refractivity contribution is 5.61. The van der Waals surface area contributed by atoms with Crippen LogP contribution in [0.4, 0.5) is 0 Å². The molecule has 4 nitrogen and oxygen atoms in total. The van der Waals surface area contributed by atoms with E-state index in [1.54, 1.807) is 7.11 Å². The summed E-state index contributed by atoms with van der Waals surface area (Å²) >= 11 is 0. The van der Waals surface area contributed by atoms with Gasteiger partial charge in [-0.1, -0.05) is 6.92 Å². The van der Waals surface area contributed by atoms with Crippen LogP contribution in [0.3, 0.4) is 0 Å². The first kappa shape index (κ1) is 13.5. The molecule has 0 aliphatic carbocycles. The van der Waals surface area contributed by atoms with Gasteiger partial charge < -0.3 is 14.0 Å². The summed E-state index contributed by atoms with van der Waals surface area (Å²) in [5.74, 6) is 2.48. The molecule has 0 bridgehead atoms. The van der Waals surface area contributed by atoms with Crippen LogP contribution in [0, 0.1) is 0 Å². The van der Waals surface area contributed by atoms with Crippen molar-refractivity contribution in [1.82, 2.24) is 9.55 Å². The van der Waals surface area contributed by atoms with Crippen molar-refractivity contribution in [3.63, 3.8) is 0 Å². The molecule has 0 fully saturated rings. The average molecular weight is 260 g/mol. The molecule has 0 amide bonds. The fourth-order valence-corrected chi connectivity index (χ4v) is 1.97. The normalized spacial score (nSPS) is 10.5. The third kappa shape index (κ3) is 2.89. The summed E-state index contributed by atoms with van der Waals surface area (Å²) < 4.78 is 13.1. The molecule has 0 saturated carbocycles. The highest BCUT2D eigenvalue weighted by Crippen LogP contribution is 2.32.